The van der Waals surface area contributed by atoms with E-state index in [-0.39, 0.29) is 19.7 Å². The normalized spacial score (nSPS) is 17.8. The van der Waals surface area contributed by atoms with Gasteiger partial charge in [0.15, 0.2) is 6.10 Å². The molecule has 0 radical (unpaired) electrons. The molecule has 1 fully saturated rings. The van der Waals surface area contributed by atoms with Gasteiger partial charge >= 0.3 is 5.97 Å². The molecule has 7 nitrogen and oxygen atoms in total. The lowest BCUT2D eigenvalue weighted by atomic mass is 10.0. The van der Waals surface area contributed by atoms with Crippen LogP contribution in [-0.4, -0.2) is 59.6 Å². The second-order valence-electron chi connectivity index (χ2n) is 6.83. The second kappa shape index (κ2) is 8.87. The van der Waals surface area contributed by atoms with Gasteiger partial charge in [-0.2, -0.15) is 0 Å². The first-order valence-electron chi connectivity index (χ1n) is 9.52. The molecule has 3 rings (SSSR count). The molecule has 1 N–H and O–H groups in total. The lowest BCUT2D eigenvalue weighted by molar-refractivity contribution is -0.159. The monoisotopic (exact) mass is 396 g/mol. The van der Waals surface area contributed by atoms with Crippen molar-refractivity contribution in [1.29, 1.82) is 0 Å². The van der Waals surface area contributed by atoms with Crippen molar-refractivity contribution in [2.75, 3.05) is 24.6 Å². The minimum Gasteiger partial charge on any atom is -0.464 e. The molecule has 0 spiro atoms. The number of hydrogen-bond donors (Lipinski definition) is 1. The van der Waals surface area contributed by atoms with Crippen LogP contribution in [0.2, 0.25) is 0 Å². The van der Waals surface area contributed by atoms with Gasteiger partial charge in [-0.3, -0.25) is 9.59 Å². The number of amides is 2. The van der Waals surface area contributed by atoms with Gasteiger partial charge in [-0.25, -0.2) is 4.79 Å². The summed E-state index contributed by atoms with van der Waals surface area (Å²) in [4.78, 5) is 41.2. The van der Waals surface area contributed by atoms with E-state index in [1.165, 1.54) is 9.80 Å². The number of anilines is 1. The Morgan fingerprint density at radius 1 is 1.10 bits per heavy atom. The van der Waals surface area contributed by atoms with E-state index in [0.717, 1.165) is 5.56 Å². The zero-order chi connectivity index (χ0) is 21.0. The molecule has 1 aliphatic heterocycles. The van der Waals surface area contributed by atoms with Crippen LogP contribution in [0.4, 0.5) is 5.69 Å². The van der Waals surface area contributed by atoms with Crippen LogP contribution in [0.25, 0.3) is 0 Å². The Kier molecular flexibility index (Phi) is 6.29. The van der Waals surface area contributed by atoms with Crippen molar-refractivity contribution < 1.29 is 24.2 Å². The lowest BCUT2D eigenvalue weighted by Gasteiger charge is -2.41. The van der Waals surface area contributed by atoms with Crippen LogP contribution < -0.4 is 4.90 Å². The Morgan fingerprint density at radius 3 is 2.38 bits per heavy atom. The van der Waals surface area contributed by atoms with Crippen molar-refractivity contribution in [2.45, 2.75) is 26.0 Å². The minimum absolute atomic E-state index is 0.0606. The number of rotatable bonds is 5. The topological polar surface area (TPSA) is 87.2 Å². The zero-order valence-corrected chi connectivity index (χ0v) is 16.4. The third kappa shape index (κ3) is 4.30. The molecule has 2 amide bonds. The number of aryl methyl sites for hydroxylation is 1. The van der Waals surface area contributed by atoms with E-state index in [9.17, 15) is 19.5 Å². The molecule has 1 saturated heterocycles. The Hall–Kier alpha value is -3.19. The lowest BCUT2D eigenvalue weighted by Crippen LogP contribution is -2.64. The molecule has 29 heavy (non-hydrogen) atoms. The maximum atomic E-state index is 13.3. The number of esters is 1. The summed E-state index contributed by atoms with van der Waals surface area (Å²) in [6, 6.07) is 14.5. The molecule has 2 aromatic rings. The van der Waals surface area contributed by atoms with E-state index in [1.54, 1.807) is 49.4 Å². The van der Waals surface area contributed by atoms with Gasteiger partial charge in [0.25, 0.3) is 11.8 Å². The Balaban J connectivity index is 1.94. The zero-order valence-electron chi connectivity index (χ0n) is 16.4. The van der Waals surface area contributed by atoms with Gasteiger partial charge in [0.1, 0.15) is 6.04 Å². The summed E-state index contributed by atoms with van der Waals surface area (Å²) in [5.41, 5.74) is 2.07. The molecule has 2 atom stereocenters. The van der Waals surface area contributed by atoms with E-state index in [2.05, 4.69) is 0 Å². The van der Waals surface area contributed by atoms with Crippen LogP contribution in [0.15, 0.2) is 54.6 Å². The summed E-state index contributed by atoms with van der Waals surface area (Å²) >= 11 is 0. The summed E-state index contributed by atoms with van der Waals surface area (Å²) in [6.45, 7) is 4.04. The van der Waals surface area contributed by atoms with Crippen molar-refractivity contribution in [1.82, 2.24) is 4.90 Å². The summed E-state index contributed by atoms with van der Waals surface area (Å²) < 4.78 is 4.90. The summed E-state index contributed by atoms with van der Waals surface area (Å²) in [5.74, 6) is -1.87. The number of ether oxygens (including phenoxy) is 1. The van der Waals surface area contributed by atoms with E-state index < -0.39 is 29.9 Å². The van der Waals surface area contributed by atoms with Crippen LogP contribution in [0.1, 0.15) is 22.8 Å². The largest absolute Gasteiger partial charge is 0.464 e. The first kappa shape index (κ1) is 20.5. The molecule has 0 aliphatic carbocycles. The van der Waals surface area contributed by atoms with Crippen molar-refractivity contribution in [2.24, 2.45) is 0 Å². The first-order valence-corrected chi connectivity index (χ1v) is 9.52. The number of nitrogens with zero attached hydrogens (tertiary/aromatic N) is 2. The third-order valence-electron chi connectivity index (χ3n) is 4.87. The van der Waals surface area contributed by atoms with E-state index in [0.29, 0.717) is 11.3 Å². The molecule has 1 aliphatic rings. The number of carbonyl (C=O) groups excluding carboxylic acids is 3. The van der Waals surface area contributed by atoms with Crippen LogP contribution in [0, 0.1) is 6.92 Å². The van der Waals surface area contributed by atoms with Crippen molar-refractivity contribution in [3.8, 4) is 0 Å². The average molecular weight is 396 g/mol. The van der Waals surface area contributed by atoms with Crippen molar-refractivity contribution in [3.63, 3.8) is 0 Å². The van der Waals surface area contributed by atoms with Crippen LogP contribution in [0.5, 0.6) is 0 Å². The number of carbonyl (C=O) groups is 3. The van der Waals surface area contributed by atoms with Crippen LogP contribution in [0.3, 0.4) is 0 Å². The fourth-order valence-electron chi connectivity index (χ4n) is 3.37. The van der Waals surface area contributed by atoms with Gasteiger partial charge in [0, 0.05) is 24.3 Å². The van der Waals surface area contributed by atoms with E-state index in [4.69, 9.17) is 4.74 Å². The highest BCUT2D eigenvalue weighted by Gasteiger charge is 2.45. The Bertz CT molecular complexity index is 882. The molecule has 0 aromatic heterocycles. The molecule has 0 saturated carbocycles. The standard InChI is InChI=1S/C22H24N2O5/c1-3-29-22(28)19(25)18-21(27)23(17-11-9-15(2)10-12-17)13-14-24(18)20(26)16-7-5-4-6-8-16/h4-12,18-19,25H,3,13-14H2,1-2H3. The SMILES string of the molecule is CCOC(=O)C(O)C1C(=O)N(c2ccc(C)cc2)CCN1C(=O)c1ccccc1. The molecule has 7 heteroatoms. The molecule has 2 aromatic carbocycles. The first-order chi connectivity index (χ1) is 13.9. The van der Waals surface area contributed by atoms with Gasteiger partial charge in [-0.15, -0.1) is 0 Å². The number of piperazine rings is 1. The van der Waals surface area contributed by atoms with Crippen molar-refractivity contribution >= 4 is 23.5 Å². The molecule has 1 heterocycles. The molecule has 2 unspecified atom stereocenters. The van der Waals surface area contributed by atoms with Crippen molar-refractivity contribution in [3.05, 3.63) is 65.7 Å². The third-order valence-corrected chi connectivity index (χ3v) is 4.87. The smallest absolute Gasteiger partial charge is 0.337 e. The summed E-state index contributed by atoms with van der Waals surface area (Å²) in [7, 11) is 0. The number of hydrogen-bond acceptors (Lipinski definition) is 5. The van der Waals surface area contributed by atoms with Gasteiger partial charge < -0.3 is 19.6 Å². The maximum Gasteiger partial charge on any atom is 0.337 e. The predicted molar refractivity (Wildman–Crippen MR) is 107 cm³/mol. The maximum absolute atomic E-state index is 13.3. The fraction of sp³-hybridized carbons (Fsp3) is 0.318. The molecule has 152 valence electrons. The Morgan fingerprint density at radius 2 is 1.76 bits per heavy atom. The number of aliphatic hydroxyl groups is 1. The molecular formula is C22H24N2O5. The fourth-order valence-corrected chi connectivity index (χ4v) is 3.37. The highest BCUT2D eigenvalue weighted by molar-refractivity contribution is 6.05. The van der Waals surface area contributed by atoms with Gasteiger partial charge in [0.2, 0.25) is 0 Å². The molecule has 0 bridgehead atoms. The number of benzene rings is 2. The summed E-state index contributed by atoms with van der Waals surface area (Å²) in [6.07, 6.45) is -1.77. The Labute approximate surface area is 169 Å². The average Bonchev–Trinajstić information content (AvgIpc) is 2.74. The quantitative estimate of drug-likeness (QED) is 0.779. The molecular weight excluding hydrogens is 372 g/mol. The van der Waals surface area contributed by atoms with Gasteiger partial charge in [-0.05, 0) is 38.1 Å². The van der Waals surface area contributed by atoms with Gasteiger partial charge in [-0.1, -0.05) is 35.9 Å². The second-order valence-corrected chi connectivity index (χ2v) is 6.83. The predicted octanol–water partition coefficient (Wildman–Crippen LogP) is 1.78. The van der Waals surface area contributed by atoms with Crippen LogP contribution >= 0.6 is 0 Å². The van der Waals surface area contributed by atoms with E-state index in [1.807, 2.05) is 19.1 Å². The minimum atomic E-state index is -1.77. The van der Waals surface area contributed by atoms with E-state index >= 15 is 0 Å². The van der Waals surface area contributed by atoms with Crippen LogP contribution in [-0.2, 0) is 14.3 Å². The summed E-state index contributed by atoms with van der Waals surface area (Å²) in [5, 5.41) is 10.6. The number of aliphatic hydroxyl groups excluding tert-OH is 1. The van der Waals surface area contributed by atoms with Gasteiger partial charge in [0.05, 0.1) is 6.61 Å². The highest BCUT2D eigenvalue weighted by atomic mass is 16.5. The highest BCUT2D eigenvalue weighted by Crippen LogP contribution is 2.24.